The summed E-state index contributed by atoms with van der Waals surface area (Å²) in [6.07, 6.45) is 0.485. The van der Waals surface area contributed by atoms with Crippen LogP contribution in [0.2, 0.25) is 0 Å². The molecule has 114 valence electrons. The molecule has 0 bridgehead atoms. The number of carbonyl (C=O) groups excluding carboxylic acids is 2. The summed E-state index contributed by atoms with van der Waals surface area (Å²) in [5, 5.41) is 0. The van der Waals surface area contributed by atoms with Gasteiger partial charge in [-0.05, 0) is 47.1 Å². The lowest BCUT2D eigenvalue weighted by Crippen LogP contribution is -2.38. The van der Waals surface area contributed by atoms with E-state index in [1.54, 1.807) is 41.5 Å². The smallest absolute Gasteiger partial charge is 0.333 e. The molecule has 4 heteroatoms. The maximum Gasteiger partial charge on any atom is 0.333 e. The molecule has 0 N–H and O–H groups in total. The summed E-state index contributed by atoms with van der Waals surface area (Å²) < 4.78 is 10.9. The minimum absolute atomic E-state index is 0.130. The van der Waals surface area contributed by atoms with Crippen molar-refractivity contribution in [2.75, 3.05) is 6.61 Å². The van der Waals surface area contributed by atoms with Crippen LogP contribution in [0.4, 0.5) is 0 Å². The van der Waals surface area contributed by atoms with Gasteiger partial charge in [0.15, 0.2) is 5.78 Å². The Labute approximate surface area is 121 Å². The van der Waals surface area contributed by atoms with E-state index in [-0.39, 0.29) is 5.78 Å². The fourth-order valence-corrected chi connectivity index (χ4v) is 1.52. The van der Waals surface area contributed by atoms with Gasteiger partial charge < -0.3 is 9.47 Å². The van der Waals surface area contributed by atoms with Crippen LogP contribution in [0.3, 0.4) is 0 Å². The summed E-state index contributed by atoms with van der Waals surface area (Å²) in [7, 11) is 0. The van der Waals surface area contributed by atoms with Crippen LogP contribution < -0.4 is 0 Å². The van der Waals surface area contributed by atoms with E-state index in [9.17, 15) is 9.59 Å². The average molecular weight is 282 g/mol. The molecule has 0 amide bonds. The van der Waals surface area contributed by atoms with Crippen molar-refractivity contribution in [2.24, 2.45) is 0 Å². The van der Waals surface area contributed by atoms with Gasteiger partial charge in [-0.25, -0.2) is 4.79 Å². The highest BCUT2D eigenvalue weighted by Crippen LogP contribution is 2.20. The quantitative estimate of drug-likeness (QED) is 0.506. The van der Waals surface area contributed by atoms with Crippen LogP contribution in [0.5, 0.6) is 0 Å². The maximum absolute atomic E-state index is 11.9. The van der Waals surface area contributed by atoms with Crippen molar-refractivity contribution >= 4 is 11.8 Å². The monoisotopic (exact) mass is 282 g/mol. The molecule has 0 aromatic carbocycles. The number of carbonyl (C=O) groups is 2. The SMILES string of the molecule is C=C(C)C(=O)OC(C)(C)CCOC(C)(C)C(=O)C(=C)C. The van der Waals surface area contributed by atoms with E-state index in [1.165, 1.54) is 0 Å². The van der Waals surface area contributed by atoms with Crippen molar-refractivity contribution in [1.82, 2.24) is 0 Å². The Kier molecular flexibility index (Phi) is 6.35. The first-order chi connectivity index (χ1) is 8.89. The third kappa shape index (κ3) is 6.15. The Morgan fingerprint density at radius 3 is 1.90 bits per heavy atom. The zero-order valence-corrected chi connectivity index (χ0v) is 13.5. The molecule has 0 radical (unpaired) electrons. The summed E-state index contributed by atoms with van der Waals surface area (Å²) >= 11 is 0. The molecule has 0 saturated heterocycles. The maximum atomic E-state index is 11.9. The first-order valence-corrected chi connectivity index (χ1v) is 6.62. The van der Waals surface area contributed by atoms with Crippen molar-refractivity contribution in [3.63, 3.8) is 0 Å². The van der Waals surface area contributed by atoms with Crippen LogP contribution in [0.1, 0.15) is 48.0 Å². The first kappa shape index (κ1) is 18.6. The minimum Gasteiger partial charge on any atom is -0.456 e. The molecule has 20 heavy (non-hydrogen) atoms. The van der Waals surface area contributed by atoms with Gasteiger partial charge in [0.25, 0.3) is 0 Å². The summed E-state index contributed by atoms with van der Waals surface area (Å²) in [6, 6.07) is 0. The molecule has 0 aromatic heterocycles. The first-order valence-electron chi connectivity index (χ1n) is 6.62. The lowest BCUT2D eigenvalue weighted by molar-refractivity contribution is -0.155. The van der Waals surface area contributed by atoms with Crippen LogP contribution in [0, 0.1) is 0 Å². The van der Waals surface area contributed by atoms with E-state index in [1.807, 2.05) is 0 Å². The fourth-order valence-electron chi connectivity index (χ4n) is 1.52. The Balaban J connectivity index is 4.42. The van der Waals surface area contributed by atoms with E-state index >= 15 is 0 Å². The van der Waals surface area contributed by atoms with Gasteiger partial charge in [-0.3, -0.25) is 4.79 Å². The Hall–Kier alpha value is -1.42. The number of hydrogen-bond acceptors (Lipinski definition) is 4. The van der Waals surface area contributed by atoms with Crippen LogP contribution in [-0.2, 0) is 19.1 Å². The van der Waals surface area contributed by atoms with Gasteiger partial charge in [0.2, 0.25) is 0 Å². The molecule has 4 nitrogen and oxygen atoms in total. The van der Waals surface area contributed by atoms with Crippen molar-refractivity contribution in [2.45, 2.75) is 59.2 Å². The van der Waals surface area contributed by atoms with Crippen molar-refractivity contribution in [3.8, 4) is 0 Å². The van der Waals surface area contributed by atoms with Crippen LogP contribution in [0.25, 0.3) is 0 Å². The van der Waals surface area contributed by atoms with Crippen molar-refractivity contribution in [1.29, 1.82) is 0 Å². The molecule has 0 aliphatic rings. The van der Waals surface area contributed by atoms with Crippen LogP contribution in [0.15, 0.2) is 24.3 Å². The molecule has 0 aliphatic heterocycles. The second kappa shape index (κ2) is 6.84. The number of ether oxygens (including phenoxy) is 2. The largest absolute Gasteiger partial charge is 0.456 e. The molecular weight excluding hydrogens is 256 g/mol. The molecule has 0 atom stereocenters. The van der Waals surface area contributed by atoms with Gasteiger partial charge in [-0.1, -0.05) is 13.2 Å². The number of esters is 1. The molecule has 0 heterocycles. The Bertz CT molecular complexity index is 416. The predicted molar refractivity (Wildman–Crippen MR) is 79.5 cm³/mol. The zero-order valence-electron chi connectivity index (χ0n) is 13.5. The molecule has 0 fully saturated rings. The molecule has 0 aromatic rings. The minimum atomic E-state index is -0.916. The van der Waals surface area contributed by atoms with Gasteiger partial charge in [-0.2, -0.15) is 0 Å². The molecule has 0 spiro atoms. The topological polar surface area (TPSA) is 52.6 Å². The molecule has 0 aliphatic carbocycles. The number of hydrogen-bond donors (Lipinski definition) is 0. The van der Waals surface area contributed by atoms with Gasteiger partial charge in [-0.15, -0.1) is 0 Å². The van der Waals surface area contributed by atoms with E-state index < -0.39 is 17.2 Å². The lowest BCUT2D eigenvalue weighted by Gasteiger charge is -2.28. The summed E-state index contributed by atoms with van der Waals surface area (Å²) in [4.78, 5) is 23.4. The van der Waals surface area contributed by atoms with E-state index in [4.69, 9.17) is 9.47 Å². The third-order valence-corrected chi connectivity index (χ3v) is 2.82. The standard InChI is InChI=1S/C16H26O4/c1-11(2)13(17)16(7,8)19-10-9-15(5,6)20-14(18)12(3)4/h1,3,9-10H2,2,4-8H3. The average Bonchev–Trinajstić information content (AvgIpc) is 2.26. The van der Waals surface area contributed by atoms with Crippen LogP contribution >= 0.6 is 0 Å². The molecular formula is C16H26O4. The molecule has 0 rings (SSSR count). The summed E-state index contributed by atoms with van der Waals surface area (Å²) in [5.74, 6) is -0.554. The highest BCUT2D eigenvalue weighted by Gasteiger charge is 2.30. The fraction of sp³-hybridized carbons (Fsp3) is 0.625. The predicted octanol–water partition coefficient (Wildman–Crippen LogP) is 3.21. The Morgan fingerprint density at radius 1 is 1.00 bits per heavy atom. The number of Topliss-reactive ketones (excluding diaryl/α,β-unsaturated/α-hetero) is 1. The van der Waals surface area contributed by atoms with Crippen LogP contribution in [-0.4, -0.2) is 29.6 Å². The highest BCUT2D eigenvalue weighted by molar-refractivity contribution is 6.00. The molecule has 0 saturated carbocycles. The van der Waals surface area contributed by atoms with Gasteiger partial charge in [0.05, 0.1) is 6.61 Å². The number of rotatable bonds is 8. The highest BCUT2D eigenvalue weighted by atomic mass is 16.6. The second-order valence-electron chi connectivity index (χ2n) is 6.15. The summed E-state index contributed by atoms with van der Waals surface area (Å²) in [6.45, 7) is 17.7. The van der Waals surface area contributed by atoms with Crippen molar-refractivity contribution < 1.29 is 19.1 Å². The van der Waals surface area contributed by atoms with Gasteiger partial charge >= 0.3 is 5.97 Å². The Morgan fingerprint density at radius 2 is 1.50 bits per heavy atom. The normalized spacial score (nSPS) is 11.9. The third-order valence-electron chi connectivity index (χ3n) is 2.82. The van der Waals surface area contributed by atoms with Crippen molar-refractivity contribution in [3.05, 3.63) is 24.3 Å². The molecule has 0 unspecified atom stereocenters. The second-order valence-corrected chi connectivity index (χ2v) is 6.15. The van der Waals surface area contributed by atoms with E-state index in [2.05, 4.69) is 13.2 Å². The number of ketones is 1. The van der Waals surface area contributed by atoms with Gasteiger partial charge in [0.1, 0.15) is 11.2 Å². The zero-order chi connectivity index (χ0) is 16.1. The van der Waals surface area contributed by atoms with E-state index in [0.29, 0.717) is 24.2 Å². The van der Waals surface area contributed by atoms with E-state index in [0.717, 1.165) is 0 Å². The van der Waals surface area contributed by atoms with Gasteiger partial charge in [0, 0.05) is 12.0 Å². The summed E-state index contributed by atoms with van der Waals surface area (Å²) in [5.41, 5.74) is -0.765. The lowest BCUT2D eigenvalue weighted by atomic mass is 9.98.